The molecule has 4 rings (SSSR count). The van der Waals surface area contributed by atoms with Crippen LogP contribution in [0.5, 0.6) is 0 Å². The number of nitrogens with one attached hydrogen (secondary N) is 1. The number of nitrogens with zero attached hydrogens (tertiary/aromatic N) is 4. The molecule has 8 nitrogen and oxygen atoms in total. The van der Waals surface area contributed by atoms with E-state index in [9.17, 15) is 18.8 Å². The lowest BCUT2D eigenvalue weighted by Crippen LogP contribution is -2.43. The van der Waals surface area contributed by atoms with Crippen LogP contribution in [0.2, 0.25) is 5.02 Å². The molecule has 2 heterocycles. The first-order valence-corrected chi connectivity index (χ1v) is 9.51. The number of carbonyl (C=O) groups excluding carboxylic acids is 3. The van der Waals surface area contributed by atoms with Crippen molar-refractivity contribution in [2.75, 3.05) is 16.8 Å². The summed E-state index contributed by atoms with van der Waals surface area (Å²) in [5, 5.41) is 11.4. The summed E-state index contributed by atoms with van der Waals surface area (Å²) in [7, 11) is 0. The zero-order valence-electron chi connectivity index (χ0n) is 16.1. The molecule has 1 fully saturated rings. The highest BCUT2D eigenvalue weighted by Gasteiger charge is 2.55. The number of imide groups is 1. The summed E-state index contributed by atoms with van der Waals surface area (Å²) in [4.78, 5) is 39.0. The quantitative estimate of drug-likeness (QED) is 0.756. The minimum atomic E-state index is -1.06. The van der Waals surface area contributed by atoms with Crippen LogP contribution in [0.15, 0.2) is 46.7 Å². The lowest BCUT2D eigenvalue weighted by Gasteiger charge is -2.20. The second-order valence-corrected chi connectivity index (χ2v) is 7.63. The van der Waals surface area contributed by atoms with Gasteiger partial charge in [-0.2, -0.15) is 5.11 Å². The van der Waals surface area contributed by atoms with Gasteiger partial charge in [-0.15, -0.1) is 0 Å². The Morgan fingerprint density at radius 3 is 2.50 bits per heavy atom. The first-order valence-electron chi connectivity index (χ1n) is 9.13. The number of rotatable bonds is 4. The van der Waals surface area contributed by atoms with Gasteiger partial charge in [0.05, 0.1) is 10.7 Å². The molecule has 0 saturated carbocycles. The molecule has 2 aromatic carbocycles. The highest BCUT2D eigenvalue weighted by Crippen LogP contribution is 2.33. The van der Waals surface area contributed by atoms with E-state index in [0.29, 0.717) is 5.69 Å². The van der Waals surface area contributed by atoms with E-state index < -0.39 is 35.6 Å². The van der Waals surface area contributed by atoms with E-state index in [-0.39, 0.29) is 17.3 Å². The van der Waals surface area contributed by atoms with E-state index in [1.165, 1.54) is 17.1 Å². The normalized spacial score (nSPS) is 20.1. The van der Waals surface area contributed by atoms with Crippen molar-refractivity contribution in [1.82, 2.24) is 5.01 Å². The number of fused-ring (bicyclic) bond motifs is 1. The van der Waals surface area contributed by atoms with Crippen LogP contribution in [0.1, 0.15) is 11.1 Å². The number of anilines is 2. The Morgan fingerprint density at radius 1 is 1.13 bits per heavy atom. The molecule has 0 aromatic heterocycles. The molecule has 0 radical (unpaired) electrons. The van der Waals surface area contributed by atoms with Gasteiger partial charge < -0.3 is 5.32 Å². The van der Waals surface area contributed by atoms with Gasteiger partial charge >= 0.3 is 0 Å². The van der Waals surface area contributed by atoms with Crippen LogP contribution in [0.4, 0.5) is 15.8 Å². The van der Waals surface area contributed by atoms with Gasteiger partial charge in [0.15, 0.2) is 12.1 Å². The van der Waals surface area contributed by atoms with E-state index in [0.717, 1.165) is 22.1 Å². The minimum absolute atomic E-state index is 0.139. The molecule has 2 aliphatic heterocycles. The zero-order chi connectivity index (χ0) is 21.6. The molecule has 2 aliphatic rings. The fourth-order valence-electron chi connectivity index (χ4n) is 3.63. The summed E-state index contributed by atoms with van der Waals surface area (Å²) in [6.07, 6.45) is 0. The van der Waals surface area contributed by atoms with Gasteiger partial charge in [0.25, 0.3) is 11.8 Å². The van der Waals surface area contributed by atoms with Crippen molar-refractivity contribution in [2.24, 2.45) is 10.3 Å². The molecular weight excluding hydrogens is 413 g/mol. The number of benzene rings is 2. The largest absolute Gasteiger partial charge is 0.324 e. The summed E-state index contributed by atoms with van der Waals surface area (Å²) in [6, 6.07) is 7.08. The Morgan fingerprint density at radius 2 is 1.83 bits per heavy atom. The molecule has 1 saturated heterocycles. The molecular formula is C20H17ClFN5O3. The zero-order valence-corrected chi connectivity index (χ0v) is 16.9. The Labute approximate surface area is 176 Å². The maximum atomic E-state index is 13.4. The average Bonchev–Trinajstić information content (AvgIpc) is 3.17. The SMILES string of the molecule is Cc1cc(C)cc(NC(=O)CN2N=N[C@@H]3C(=O)N(c4ccc(F)c(Cl)c4)C(=O)[C@H]32)c1. The molecule has 2 atom stereocenters. The van der Waals surface area contributed by atoms with E-state index >= 15 is 0 Å². The van der Waals surface area contributed by atoms with Crippen molar-refractivity contribution in [3.63, 3.8) is 0 Å². The number of halogens is 2. The first kappa shape index (κ1) is 20.0. The van der Waals surface area contributed by atoms with Crippen LogP contribution in [0, 0.1) is 19.7 Å². The molecule has 2 aromatic rings. The van der Waals surface area contributed by atoms with Crippen molar-refractivity contribution < 1.29 is 18.8 Å². The number of amides is 3. The number of aryl methyl sites for hydroxylation is 2. The number of hydrogen-bond donors (Lipinski definition) is 1. The topological polar surface area (TPSA) is 94.4 Å². The fraction of sp³-hybridized carbons (Fsp3) is 0.250. The van der Waals surface area contributed by atoms with Gasteiger partial charge in [0.2, 0.25) is 5.91 Å². The third-order valence-corrected chi connectivity index (χ3v) is 5.12. The predicted octanol–water partition coefficient (Wildman–Crippen LogP) is 3.03. The monoisotopic (exact) mass is 429 g/mol. The fourth-order valence-corrected chi connectivity index (χ4v) is 3.80. The molecule has 3 amide bonds. The van der Waals surface area contributed by atoms with Crippen LogP contribution in [-0.2, 0) is 14.4 Å². The molecule has 154 valence electrons. The van der Waals surface area contributed by atoms with Crippen LogP contribution in [-0.4, -0.2) is 41.4 Å². The molecule has 0 aliphatic carbocycles. The summed E-state index contributed by atoms with van der Waals surface area (Å²) in [5.74, 6) is -2.27. The summed E-state index contributed by atoms with van der Waals surface area (Å²) >= 11 is 5.78. The second kappa shape index (κ2) is 7.49. The average molecular weight is 430 g/mol. The van der Waals surface area contributed by atoms with Crippen LogP contribution in [0.3, 0.4) is 0 Å². The maximum absolute atomic E-state index is 13.4. The Balaban J connectivity index is 1.50. The van der Waals surface area contributed by atoms with Gasteiger partial charge in [-0.25, -0.2) is 9.29 Å². The van der Waals surface area contributed by atoms with Crippen molar-refractivity contribution >= 4 is 40.7 Å². The third kappa shape index (κ3) is 3.52. The Bertz CT molecular complexity index is 1090. The van der Waals surface area contributed by atoms with Gasteiger partial charge in [0, 0.05) is 5.69 Å². The predicted molar refractivity (Wildman–Crippen MR) is 108 cm³/mol. The minimum Gasteiger partial charge on any atom is -0.324 e. The molecule has 0 unspecified atom stereocenters. The summed E-state index contributed by atoms with van der Waals surface area (Å²) in [5.41, 5.74) is 2.76. The number of hydrogen-bond acceptors (Lipinski definition) is 6. The van der Waals surface area contributed by atoms with Gasteiger partial charge in [-0.1, -0.05) is 22.9 Å². The van der Waals surface area contributed by atoms with Crippen LogP contribution in [0.25, 0.3) is 0 Å². The van der Waals surface area contributed by atoms with Gasteiger partial charge in [-0.3, -0.25) is 19.4 Å². The standard InChI is InChI=1S/C20H17ClFN5O3/c1-10-5-11(2)7-12(6-10)23-16(28)9-26-18-17(24-25-26)19(29)27(20(18)30)13-3-4-15(22)14(21)8-13/h3-8,17-18H,9H2,1-2H3,(H,23,28)/t17-,18-/m0/s1. The lowest BCUT2D eigenvalue weighted by molar-refractivity contribution is -0.123. The molecule has 0 bridgehead atoms. The highest BCUT2D eigenvalue weighted by molar-refractivity contribution is 6.32. The Kier molecular flexibility index (Phi) is 4.98. The third-order valence-electron chi connectivity index (χ3n) is 4.83. The molecule has 0 spiro atoms. The smallest absolute Gasteiger partial charge is 0.263 e. The lowest BCUT2D eigenvalue weighted by atomic mass is 10.1. The van der Waals surface area contributed by atoms with Crippen LogP contribution < -0.4 is 10.2 Å². The summed E-state index contributed by atoms with van der Waals surface area (Å²) < 4.78 is 13.4. The molecule has 1 N–H and O–H groups in total. The first-order chi connectivity index (χ1) is 14.2. The second-order valence-electron chi connectivity index (χ2n) is 7.23. The summed E-state index contributed by atoms with van der Waals surface area (Å²) in [6.45, 7) is 3.58. The van der Waals surface area contributed by atoms with Crippen molar-refractivity contribution in [2.45, 2.75) is 25.9 Å². The van der Waals surface area contributed by atoms with Gasteiger partial charge in [0.1, 0.15) is 12.4 Å². The highest BCUT2D eigenvalue weighted by atomic mass is 35.5. The van der Waals surface area contributed by atoms with E-state index in [4.69, 9.17) is 11.6 Å². The van der Waals surface area contributed by atoms with Crippen molar-refractivity contribution in [1.29, 1.82) is 0 Å². The van der Waals surface area contributed by atoms with Gasteiger partial charge in [-0.05, 0) is 55.3 Å². The van der Waals surface area contributed by atoms with Crippen molar-refractivity contribution in [3.8, 4) is 0 Å². The van der Waals surface area contributed by atoms with E-state index in [1.54, 1.807) is 0 Å². The van der Waals surface area contributed by atoms with E-state index in [2.05, 4.69) is 15.7 Å². The number of carbonyl (C=O) groups is 3. The molecule has 10 heteroatoms. The van der Waals surface area contributed by atoms with Crippen LogP contribution >= 0.6 is 11.6 Å². The Hall–Kier alpha value is -3.33. The van der Waals surface area contributed by atoms with E-state index in [1.807, 2.05) is 32.0 Å². The molecule has 30 heavy (non-hydrogen) atoms. The van der Waals surface area contributed by atoms with Crippen molar-refractivity contribution in [3.05, 3.63) is 58.4 Å². The maximum Gasteiger partial charge on any atom is 0.263 e.